The highest BCUT2D eigenvalue weighted by atomic mass is 32.1. The Morgan fingerprint density at radius 2 is 2.35 bits per heavy atom. The fraction of sp³-hybridized carbons (Fsp3) is 0.600. The number of nitrogens with zero attached hydrogens (tertiary/aromatic N) is 4. The van der Waals surface area contributed by atoms with Gasteiger partial charge in [-0.15, -0.1) is 0 Å². The zero-order valence-corrected chi connectivity index (χ0v) is 14.4. The second kappa shape index (κ2) is 7.48. The number of hydrogen-bond donors (Lipinski definition) is 1. The van der Waals surface area contributed by atoms with Gasteiger partial charge in [-0.25, -0.2) is 14.8 Å². The van der Waals surface area contributed by atoms with Crippen LogP contribution in [0.25, 0.3) is 0 Å². The van der Waals surface area contributed by atoms with E-state index < -0.39 is 11.7 Å². The van der Waals surface area contributed by atoms with E-state index in [1.807, 2.05) is 20.8 Å². The number of carbonyl (C=O) groups excluding carboxylic acids is 1. The van der Waals surface area contributed by atoms with Crippen molar-refractivity contribution in [2.45, 2.75) is 45.3 Å². The average molecular weight is 335 g/mol. The summed E-state index contributed by atoms with van der Waals surface area (Å²) in [5, 5.41) is 5.26. The van der Waals surface area contributed by atoms with E-state index >= 15 is 0 Å². The van der Waals surface area contributed by atoms with Crippen LogP contribution in [0.4, 0.5) is 16.3 Å². The highest BCUT2D eigenvalue weighted by Gasteiger charge is 2.26. The molecule has 1 aromatic rings. The molecule has 0 spiro atoms. The van der Waals surface area contributed by atoms with Gasteiger partial charge < -0.3 is 15.0 Å². The van der Waals surface area contributed by atoms with Crippen LogP contribution in [0.15, 0.2) is 17.5 Å². The standard InChI is InChI=1S/C15H21N5O2S/c1-15(2,3)22-14(21)19-11-5-4-6-20(8-11)13-12(18-10-23)7-16-9-17-13/h7,9,11H,4-6,8H2,1-3H3,(H,19,21)/t11-/m0/s1. The van der Waals surface area contributed by atoms with Gasteiger partial charge in [0.1, 0.15) is 17.6 Å². The first kappa shape index (κ1) is 17.3. The zero-order valence-electron chi connectivity index (χ0n) is 13.6. The number of carbonyl (C=O) groups is 1. The molecule has 1 fully saturated rings. The fourth-order valence-corrected chi connectivity index (χ4v) is 2.55. The first-order chi connectivity index (χ1) is 10.9. The number of aliphatic imine (C=N–C) groups is 1. The second-order valence-corrected chi connectivity index (χ2v) is 6.55. The number of isothiocyanates is 1. The highest BCUT2D eigenvalue weighted by Crippen LogP contribution is 2.27. The maximum absolute atomic E-state index is 11.9. The summed E-state index contributed by atoms with van der Waals surface area (Å²) >= 11 is 4.66. The number of nitrogens with one attached hydrogen (secondary N) is 1. The molecule has 0 aromatic carbocycles. The van der Waals surface area contributed by atoms with E-state index in [2.05, 4.69) is 42.6 Å². The van der Waals surface area contributed by atoms with Crippen LogP contribution in [0.2, 0.25) is 0 Å². The number of ether oxygens (including phenoxy) is 1. The topological polar surface area (TPSA) is 79.7 Å². The van der Waals surface area contributed by atoms with Crippen LogP contribution in [0.5, 0.6) is 0 Å². The van der Waals surface area contributed by atoms with Gasteiger partial charge in [-0.2, -0.15) is 4.99 Å². The number of piperidine rings is 1. The number of thiocarbonyl (C=S) groups is 1. The third kappa shape index (κ3) is 5.26. The van der Waals surface area contributed by atoms with Crippen LogP contribution < -0.4 is 10.2 Å². The summed E-state index contributed by atoms with van der Waals surface area (Å²) in [5.41, 5.74) is 0.0761. The molecule has 1 aliphatic heterocycles. The minimum absolute atomic E-state index is 0.00197. The Morgan fingerprint density at radius 3 is 3.04 bits per heavy atom. The zero-order chi connectivity index (χ0) is 16.9. The van der Waals surface area contributed by atoms with E-state index in [1.54, 1.807) is 6.20 Å². The van der Waals surface area contributed by atoms with Gasteiger partial charge in [0, 0.05) is 19.1 Å². The van der Waals surface area contributed by atoms with Crippen molar-refractivity contribution in [3.63, 3.8) is 0 Å². The van der Waals surface area contributed by atoms with Crippen molar-refractivity contribution in [2.24, 2.45) is 4.99 Å². The Morgan fingerprint density at radius 1 is 1.57 bits per heavy atom. The molecule has 8 heteroatoms. The molecule has 124 valence electrons. The molecule has 0 radical (unpaired) electrons. The molecule has 1 aromatic heterocycles. The molecule has 0 unspecified atom stereocenters. The largest absolute Gasteiger partial charge is 0.444 e. The molecule has 1 amide bonds. The molecule has 1 saturated heterocycles. The van der Waals surface area contributed by atoms with Gasteiger partial charge in [0.2, 0.25) is 0 Å². The van der Waals surface area contributed by atoms with Crippen LogP contribution in [0.3, 0.4) is 0 Å². The summed E-state index contributed by atoms with van der Waals surface area (Å²) in [6.45, 7) is 7.00. The van der Waals surface area contributed by atoms with Crippen molar-refractivity contribution in [2.75, 3.05) is 18.0 Å². The van der Waals surface area contributed by atoms with Gasteiger partial charge in [-0.1, -0.05) is 0 Å². The molecular weight excluding hydrogens is 314 g/mol. The summed E-state index contributed by atoms with van der Waals surface area (Å²) in [6.07, 6.45) is 4.51. The molecule has 2 heterocycles. The summed E-state index contributed by atoms with van der Waals surface area (Å²) in [6, 6.07) is -0.00197. The van der Waals surface area contributed by atoms with Gasteiger partial charge >= 0.3 is 6.09 Å². The van der Waals surface area contributed by atoms with Crippen molar-refractivity contribution < 1.29 is 9.53 Å². The lowest BCUT2D eigenvalue weighted by Crippen LogP contribution is -2.49. The van der Waals surface area contributed by atoms with Crippen molar-refractivity contribution in [3.8, 4) is 0 Å². The predicted molar refractivity (Wildman–Crippen MR) is 91.3 cm³/mol. The molecule has 0 saturated carbocycles. The second-order valence-electron chi connectivity index (χ2n) is 6.37. The number of aromatic nitrogens is 2. The molecule has 1 aliphatic rings. The number of amides is 1. The third-order valence-corrected chi connectivity index (χ3v) is 3.37. The van der Waals surface area contributed by atoms with Crippen LogP contribution in [-0.4, -0.2) is 46.0 Å². The summed E-state index contributed by atoms with van der Waals surface area (Å²) in [7, 11) is 0. The Kier molecular flexibility index (Phi) is 5.63. The molecule has 1 atom stereocenters. The van der Waals surface area contributed by atoms with Crippen LogP contribution in [0.1, 0.15) is 33.6 Å². The SMILES string of the molecule is CC(C)(C)OC(=O)N[C@H]1CCCN(c2ncncc2N=C=S)C1. The van der Waals surface area contributed by atoms with E-state index in [0.717, 1.165) is 19.4 Å². The van der Waals surface area contributed by atoms with Crippen LogP contribution in [-0.2, 0) is 4.74 Å². The molecule has 23 heavy (non-hydrogen) atoms. The Labute approximate surface area is 141 Å². The fourth-order valence-electron chi connectivity index (χ4n) is 2.45. The van der Waals surface area contributed by atoms with Gasteiger partial charge in [0.05, 0.1) is 11.4 Å². The number of alkyl carbamates (subject to hydrolysis) is 1. The maximum atomic E-state index is 11.9. The minimum atomic E-state index is -0.508. The van der Waals surface area contributed by atoms with E-state index in [4.69, 9.17) is 4.74 Å². The third-order valence-electron chi connectivity index (χ3n) is 3.28. The number of rotatable bonds is 3. The Bertz CT molecular complexity index is 610. The van der Waals surface area contributed by atoms with E-state index in [0.29, 0.717) is 18.1 Å². The lowest BCUT2D eigenvalue weighted by atomic mass is 10.1. The van der Waals surface area contributed by atoms with Crippen molar-refractivity contribution in [3.05, 3.63) is 12.5 Å². The normalized spacial score (nSPS) is 18.0. The molecule has 7 nitrogen and oxygen atoms in total. The summed E-state index contributed by atoms with van der Waals surface area (Å²) < 4.78 is 5.31. The minimum Gasteiger partial charge on any atom is -0.444 e. The monoisotopic (exact) mass is 335 g/mol. The maximum Gasteiger partial charge on any atom is 0.407 e. The molecule has 0 aliphatic carbocycles. The van der Waals surface area contributed by atoms with E-state index in [-0.39, 0.29) is 6.04 Å². The van der Waals surface area contributed by atoms with Crippen molar-refractivity contribution in [1.82, 2.24) is 15.3 Å². The predicted octanol–water partition coefficient (Wildman–Crippen LogP) is 2.70. The van der Waals surface area contributed by atoms with E-state index in [1.165, 1.54) is 6.33 Å². The average Bonchev–Trinajstić information content (AvgIpc) is 2.46. The molecule has 2 rings (SSSR count). The van der Waals surface area contributed by atoms with Gasteiger partial charge in [-0.05, 0) is 45.8 Å². The quantitative estimate of drug-likeness (QED) is 0.676. The smallest absolute Gasteiger partial charge is 0.407 e. The van der Waals surface area contributed by atoms with Crippen molar-refractivity contribution >= 4 is 35.0 Å². The van der Waals surface area contributed by atoms with Crippen molar-refractivity contribution in [1.29, 1.82) is 0 Å². The first-order valence-corrected chi connectivity index (χ1v) is 7.92. The van der Waals surface area contributed by atoms with Crippen LogP contribution in [0, 0.1) is 0 Å². The Hall–Kier alpha value is -2.05. The summed E-state index contributed by atoms with van der Waals surface area (Å²) in [5.74, 6) is 0.702. The summed E-state index contributed by atoms with van der Waals surface area (Å²) in [4.78, 5) is 26.2. The lowest BCUT2D eigenvalue weighted by molar-refractivity contribution is 0.0500. The van der Waals surface area contributed by atoms with Gasteiger partial charge in [-0.3, -0.25) is 0 Å². The molecular formula is C15H21N5O2S. The van der Waals surface area contributed by atoms with Crippen LogP contribution >= 0.6 is 12.2 Å². The van der Waals surface area contributed by atoms with Gasteiger partial charge in [0.15, 0.2) is 5.82 Å². The number of hydrogen-bond acceptors (Lipinski definition) is 7. The lowest BCUT2D eigenvalue weighted by Gasteiger charge is -2.34. The number of anilines is 1. The Balaban J connectivity index is 2.04. The molecule has 0 bridgehead atoms. The van der Waals surface area contributed by atoms with E-state index in [9.17, 15) is 4.79 Å². The molecule has 1 N–H and O–H groups in total. The first-order valence-electron chi connectivity index (χ1n) is 7.51. The highest BCUT2D eigenvalue weighted by molar-refractivity contribution is 7.78. The van der Waals surface area contributed by atoms with Gasteiger partial charge in [0.25, 0.3) is 0 Å².